The van der Waals surface area contributed by atoms with Crippen LogP contribution >= 0.6 is 7.82 Å². The number of aliphatic hydroxyl groups is 2. The molecule has 0 spiro atoms. The van der Waals surface area contributed by atoms with Crippen LogP contribution in [-0.4, -0.2) is 63.5 Å². The minimum absolute atomic E-state index is 0.101. The number of ether oxygens (including phenoxy) is 2. The van der Waals surface area contributed by atoms with Gasteiger partial charge in [-0.25, -0.2) is 4.57 Å². The number of allylic oxidation sites excluding steroid dienone is 5. The number of carbonyl (C=O) groups is 2. The van der Waals surface area contributed by atoms with Gasteiger partial charge in [0, 0.05) is 12.8 Å². The van der Waals surface area contributed by atoms with Crippen LogP contribution in [0.15, 0.2) is 36.5 Å². The number of hydrogen-bond donors (Lipinski definition) is 4. The lowest BCUT2D eigenvalue weighted by Gasteiger charge is -2.19. The van der Waals surface area contributed by atoms with Gasteiger partial charge in [0.25, 0.3) is 0 Å². The first-order valence-corrected chi connectivity index (χ1v) is 21.8. The maximum atomic E-state index is 12.4. The second kappa shape index (κ2) is 34.9. The SMILES string of the molecule is CCCCC/C=C\C/C=C\C/C=C\CC(O)C(O)CCCC(=O)O[C@H](COC(=O)CCCCCCCCCCCCCCC(C)C)COP(=O)(O)O. The fourth-order valence-electron chi connectivity index (χ4n) is 5.60. The average molecular weight is 759 g/mol. The molecule has 0 saturated carbocycles. The molecule has 0 radical (unpaired) electrons. The van der Waals surface area contributed by atoms with Gasteiger partial charge < -0.3 is 29.5 Å². The maximum Gasteiger partial charge on any atom is 0.469 e. The Morgan fingerprint density at radius 1 is 0.615 bits per heavy atom. The molecule has 0 saturated heterocycles. The van der Waals surface area contributed by atoms with Crippen LogP contribution in [0.4, 0.5) is 0 Å². The highest BCUT2D eigenvalue weighted by atomic mass is 31.2. The zero-order valence-electron chi connectivity index (χ0n) is 32.8. The number of aliphatic hydroxyl groups excluding tert-OH is 2. The molecule has 0 heterocycles. The second-order valence-electron chi connectivity index (χ2n) is 14.4. The Morgan fingerprint density at radius 3 is 1.73 bits per heavy atom. The third-order valence-electron chi connectivity index (χ3n) is 8.79. The summed E-state index contributed by atoms with van der Waals surface area (Å²) in [5.74, 6) is -0.363. The van der Waals surface area contributed by atoms with Crippen LogP contribution in [0.1, 0.15) is 175 Å². The van der Waals surface area contributed by atoms with Crippen molar-refractivity contribution in [3.8, 4) is 0 Å². The Kier molecular flexibility index (Phi) is 33.7. The lowest BCUT2D eigenvalue weighted by atomic mass is 10.0. The van der Waals surface area contributed by atoms with Gasteiger partial charge >= 0.3 is 19.8 Å². The molecule has 0 aromatic rings. The minimum Gasteiger partial charge on any atom is -0.462 e. The first-order chi connectivity index (χ1) is 24.9. The van der Waals surface area contributed by atoms with Crippen molar-refractivity contribution in [2.24, 2.45) is 5.92 Å². The van der Waals surface area contributed by atoms with Gasteiger partial charge in [-0.2, -0.15) is 0 Å². The summed E-state index contributed by atoms with van der Waals surface area (Å²) in [5.41, 5.74) is 0. The Morgan fingerprint density at radius 2 is 1.15 bits per heavy atom. The summed E-state index contributed by atoms with van der Waals surface area (Å²) >= 11 is 0. The highest BCUT2D eigenvalue weighted by molar-refractivity contribution is 7.46. The molecule has 304 valence electrons. The molecule has 10 nitrogen and oxygen atoms in total. The molecule has 0 rings (SSSR count). The molecule has 0 aliphatic carbocycles. The first kappa shape index (κ1) is 50.2. The van der Waals surface area contributed by atoms with Gasteiger partial charge in [0.15, 0.2) is 6.10 Å². The lowest BCUT2D eigenvalue weighted by molar-refractivity contribution is -0.161. The van der Waals surface area contributed by atoms with E-state index in [0.29, 0.717) is 6.42 Å². The van der Waals surface area contributed by atoms with Gasteiger partial charge in [-0.15, -0.1) is 0 Å². The summed E-state index contributed by atoms with van der Waals surface area (Å²) < 4.78 is 26.2. The predicted octanol–water partition coefficient (Wildman–Crippen LogP) is 9.98. The summed E-state index contributed by atoms with van der Waals surface area (Å²) in [6.45, 7) is 5.73. The summed E-state index contributed by atoms with van der Waals surface area (Å²) in [6, 6.07) is 0. The van der Waals surface area contributed by atoms with E-state index in [4.69, 9.17) is 19.3 Å². The van der Waals surface area contributed by atoms with E-state index in [9.17, 15) is 24.4 Å². The van der Waals surface area contributed by atoms with Crippen molar-refractivity contribution in [1.29, 1.82) is 0 Å². The zero-order valence-corrected chi connectivity index (χ0v) is 33.7. The Hall–Kier alpha value is -1.81. The van der Waals surface area contributed by atoms with Crippen LogP contribution in [0.5, 0.6) is 0 Å². The number of rotatable bonds is 36. The summed E-state index contributed by atoms with van der Waals surface area (Å²) in [4.78, 5) is 42.8. The van der Waals surface area contributed by atoms with Crippen molar-refractivity contribution in [3.05, 3.63) is 36.5 Å². The van der Waals surface area contributed by atoms with Gasteiger partial charge in [-0.1, -0.05) is 147 Å². The van der Waals surface area contributed by atoms with Crippen molar-refractivity contribution >= 4 is 19.8 Å². The van der Waals surface area contributed by atoms with Crippen LogP contribution in [0.3, 0.4) is 0 Å². The molecule has 4 N–H and O–H groups in total. The van der Waals surface area contributed by atoms with E-state index in [2.05, 4.69) is 49.6 Å². The van der Waals surface area contributed by atoms with Crippen LogP contribution in [0.2, 0.25) is 0 Å². The van der Waals surface area contributed by atoms with Crippen LogP contribution in [0.25, 0.3) is 0 Å². The van der Waals surface area contributed by atoms with Crippen molar-refractivity contribution in [1.82, 2.24) is 0 Å². The van der Waals surface area contributed by atoms with Crippen molar-refractivity contribution in [2.75, 3.05) is 13.2 Å². The Labute approximate surface area is 316 Å². The molecule has 2 unspecified atom stereocenters. The number of phosphoric acid groups is 1. The third-order valence-corrected chi connectivity index (χ3v) is 9.28. The average Bonchev–Trinajstić information content (AvgIpc) is 3.09. The molecule has 0 aliphatic heterocycles. The molecular weight excluding hydrogens is 683 g/mol. The predicted molar refractivity (Wildman–Crippen MR) is 210 cm³/mol. The molecule has 0 aliphatic rings. The maximum absolute atomic E-state index is 12.4. The quantitative estimate of drug-likeness (QED) is 0.0210. The normalized spacial score (nSPS) is 14.2. The lowest BCUT2D eigenvalue weighted by Crippen LogP contribution is -2.30. The second-order valence-corrected chi connectivity index (χ2v) is 15.6. The van der Waals surface area contributed by atoms with E-state index in [1.807, 2.05) is 12.2 Å². The molecule has 0 aromatic carbocycles. The Bertz CT molecular complexity index is 990. The molecule has 0 amide bonds. The summed E-state index contributed by atoms with van der Waals surface area (Å²) in [7, 11) is -4.83. The monoisotopic (exact) mass is 759 g/mol. The zero-order chi connectivity index (χ0) is 38.7. The minimum atomic E-state index is -4.83. The highest BCUT2D eigenvalue weighted by Gasteiger charge is 2.23. The van der Waals surface area contributed by atoms with Gasteiger partial charge in [-0.05, 0) is 57.3 Å². The fraction of sp³-hybridized carbons (Fsp3) is 0.805. The van der Waals surface area contributed by atoms with E-state index in [0.717, 1.165) is 44.4 Å². The van der Waals surface area contributed by atoms with Gasteiger partial charge in [0.05, 0.1) is 18.8 Å². The molecule has 11 heteroatoms. The number of carbonyl (C=O) groups excluding carboxylic acids is 2. The van der Waals surface area contributed by atoms with Gasteiger partial charge in [0.2, 0.25) is 0 Å². The van der Waals surface area contributed by atoms with Gasteiger partial charge in [-0.3, -0.25) is 14.1 Å². The molecule has 0 bridgehead atoms. The number of esters is 2. The van der Waals surface area contributed by atoms with E-state index in [1.54, 1.807) is 0 Å². The Balaban J connectivity index is 4.19. The van der Waals surface area contributed by atoms with E-state index >= 15 is 0 Å². The smallest absolute Gasteiger partial charge is 0.462 e. The van der Waals surface area contributed by atoms with E-state index in [1.165, 1.54) is 77.0 Å². The van der Waals surface area contributed by atoms with E-state index in [-0.39, 0.29) is 38.7 Å². The first-order valence-electron chi connectivity index (χ1n) is 20.3. The topological polar surface area (TPSA) is 160 Å². The number of unbranched alkanes of at least 4 members (excludes halogenated alkanes) is 14. The molecule has 0 aromatic heterocycles. The summed E-state index contributed by atoms with van der Waals surface area (Å²) in [5, 5.41) is 20.5. The van der Waals surface area contributed by atoms with Crippen LogP contribution in [-0.2, 0) is 28.2 Å². The molecule has 52 heavy (non-hydrogen) atoms. The number of hydrogen-bond acceptors (Lipinski definition) is 8. The standard InChI is InChI=1S/C41H75O10P/c1-4-5-6-7-8-9-10-14-17-20-23-26-30-38(42)39(43)31-28-33-41(45)51-37(35-50-52(46,47)48)34-49-40(44)32-27-24-21-18-15-12-11-13-16-19-22-25-29-36(2)3/h8-9,14,17,23,26,36-39,42-43H,4-7,10-13,15-16,18-22,24-25,27-35H2,1-3H3,(H2,46,47,48)/b9-8-,17-14-,26-23-/t37-,38?,39?/m1/s1. The largest absolute Gasteiger partial charge is 0.469 e. The van der Waals surface area contributed by atoms with Crippen molar-refractivity contribution in [3.63, 3.8) is 0 Å². The highest BCUT2D eigenvalue weighted by Crippen LogP contribution is 2.36. The van der Waals surface area contributed by atoms with Crippen molar-refractivity contribution in [2.45, 2.75) is 193 Å². The molecule has 3 atom stereocenters. The van der Waals surface area contributed by atoms with Gasteiger partial charge in [0.1, 0.15) is 6.61 Å². The molecule has 0 fully saturated rings. The number of phosphoric ester groups is 1. The van der Waals surface area contributed by atoms with Crippen LogP contribution in [0, 0.1) is 5.92 Å². The molecular formula is C41H75O10P. The van der Waals surface area contributed by atoms with Crippen LogP contribution < -0.4 is 0 Å². The third kappa shape index (κ3) is 36.5. The fourth-order valence-corrected chi connectivity index (χ4v) is 5.96. The van der Waals surface area contributed by atoms with E-state index < -0.39 is 44.7 Å². The van der Waals surface area contributed by atoms with Crippen molar-refractivity contribution < 1.29 is 48.2 Å². The summed E-state index contributed by atoms with van der Waals surface area (Å²) in [6.07, 6.45) is 31.9.